The average molecular weight is 1070 g/mol. The van der Waals surface area contributed by atoms with E-state index in [0.29, 0.717) is 25.7 Å². The SMILES string of the molecule is CCCCOCCCCCc1cc(-c2cccc3nsnc23)sc1-c1ccc(-c2ccc(-c3sc(-c4ccc5c(c4)C(CCCC)(CCCC)c4cc(C(C)C)ccc4-5)cc3CCOCCOCCCC)s2)s1. The predicted octanol–water partition coefficient (Wildman–Crippen LogP) is 19.9. The van der Waals surface area contributed by atoms with Gasteiger partial charge in [0.05, 0.1) is 31.5 Å². The van der Waals surface area contributed by atoms with Crippen LogP contribution in [0.5, 0.6) is 0 Å². The summed E-state index contributed by atoms with van der Waals surface area (Å²) in [7, 11) is 0. The molecule has 0 spiro atoms. The fourth-order valence-electron chi connectivity index (χ4n) is 10.6. The van der Waals surface area contributed by atoms with Crippen molar-refractivity contribution in [2.45, 2.75) is 149 Å². The molecule has 1 aliphatic carbocycles. The van der Waals surface area contributed by atoms with Crippen molar-refractivity contribution in [3.63, 3.8) is 0 Å². The third-order valence-electron chi connectivity index (χ3n) is 14.7. The quantitative estimate of drug-likeness (QED) is 0.0420. The second-order valence-corrected chi connectivity index (χ2v) is 25.1. The minimum atomic E-state index is 0.0386. The van der Waals surface area contributed by atoms with Gasteiger partial charge in [-0.25, -0.2) is 0 Å². The van der Waals surface area contributed by atoms with Crippen LogP contribution >= 0.6 is 57.1 Å². The molecule has 0 aliphatic heterocycles. The van der Waals surface area contributed by atoms with Crippen LogP contribution in [0.1, 0.15) is 159 Å². The molecule has 0 N–H and O–H groups in total. The highest BCUT2D eigenvalue weighted by molar-refractivity contribution is 7.29. The summed E-state index contributed by atoms with van der Waals surface area (Å²) in [5.74, 6) is 0.502. The van der Waals surface area contributed by atoms with Crippen molar-refractivity contribution in [1.29, 1.82) is 0 Å². The van der Waals surface area contributed by atoms with E-state index in [1.54, 1.807) is 11.1 Å². The molecule has 0 amide bonds. The highest BCUT2D eigenvalue weighted by Gasteiger charge is 2.42. The predicted molar refractivity (Wildman–Crippen MR) is 319 cm³/mol. The summed E-state index contributed by atoms with van der Waals surface area (Å²) in [6, 6.07) is 35.6. The van der Waals surface area contributed by atoms with E-state index in [9.17, 15) is 0 Å². The maximum absolute atomic E-state index is 6.25. The number of fused-ring (bicyclic) bond motifs is 4. The molecule has 5 heterocycles. The summed E-state index contributed by atoms with van der Waals surface area (Å²) in [5.41, 5.74) is 14.8. The van der Waals surface area contributed by atoms with Crippen LogP contribution in [0.3, 0.4) is 0 Å². The number of aromatic nitrogens is 2. The minimum Gasteiger partial charge on any atom is -0.381 e. The monoisotopic (exact) mass is 1070 g/mol. The van der Waals surface area contributed by atoms with Gasteiger partial charge in [0.2, 0.25) is 0 Å². The molecule has 10 heteroatoms. The van der Waals surface area contributed by atoms with Crippen LogP contribution in [-0.4, -0.2) is 48.4 Å². The Kier molecular flexibility index (Phi) is 19.4. The number of thiophene rings is 4. The first-order valence-electron chi connectivity index (χ1n) is 27.6. The molecular formula is C63H76N2O3S5. The molecule has 0 atom stereocenters. The molecule has 0 saturated carbocycles. The highest BCUT2D eigenvalue weighted by Crippen LogP contribution is 2.56. The Morgan fingerprint density at radius 3 is 1.74 bits per heavy atom. The molecule has 0 unspecified atom stereocenters. The highest BCUT2D eigenvalue weighted by atomic mass is 32.1. The third-order valence-corrected chi connectivity index (χ3v) is 20.4. The summed E-state index contributed by atoms with van der Waals surface area (Å²) in [6.07, 6.45) is 17.2. The first kappa shape index (κ1) is 54.0. The number of hydrogen-bond donors (Lipinski definition) is 0. The molecule has 0 fully saturated rings. The van der Waals surface area contributed by atoms with Crippen molar-refractivity contribution in [3.05, 3.63) is 119 Å². The van der Waals surface area contributed by atoms with Crippen LogP contribution in [0.15, 0.2) is 91.0 Å². The summed E-state index contributed by atoms with van der Waals surface area (Å²) in [4.78, 5) is 10.7. The maximum atomic E-state index is 6.25. The topological polar surface area (TPSA) is 53.5 Å². The van der Waals surface area contributed by atoms with Gasteiger partial charge in [-0.3, -0.25) is 0 Å². The number of unbranched alkanes of at least 4 members (excludes halogenated alkanes) is 6. The largest absolute Gasteiger partial charge is 0.381 e. The molecule has 9 rings (SSSR count). The lowest BCUT2D eigenvalue weighted by Crippen LogP contribution is -2.25. The third kappa shape index (κ3) is 12.6. The van der Waals surface area contributed by atoms with Gasteiger partial charge in [0.25, 0.3) is 0 Å². The lowest BCUT2D eigenvalue weighted by atomic mass is 9.70. The first-order valence-corrected chi connectivity index (χ1v) is 31.6. The van der Waals surface area contributed by atoms with Gasteiger partial charge in [-0.1, -0.05) is 129 Å². The zero-order valence-electron chi connectivity index (χ0n) is 44.2. The van der Waals surface area contributed by atoms with E-state index in [1.165, 1.54) is 141 Å². The summed E-state index contributed by atoms with van der Waals surface area (Å²) < 4.78 is 27.3. The van der Waals surface area contributed by atoms with Crippen molar-refractivity contribution in [2.75, 3.05) is 39.6 Å². The van der Waals surface area contributed by atoms with E-state index in [0.717, 1.165) is 75.8 Å². The van der Waals surface area contributed by atoms with Crippen LogP contribution in [-0.2, 0) is 32.5 Å². The maximum Gasteiger partial charge on any atom is 0.113 e. The van der Waals surface area contributed by atoms with Gasteiger partial charge < -0.3 is 14.2 Å². The summed E-state index contributed by atoms with van der Waals surface area (Å²) >= 11 is 9.03. The fraction of sp³-hybridized carbons (Fsp3) is 0.460. The Balaban J connectivity index is 1.02. The second-order valence-electron chi connectivity index (χ2n) is 20.3. The van der Waals surface area contributed by atoms with Gasteiger partial charge >= 0.3 is 0 Å². The van der Waals surface area contributed by atoms with Crippen LogP contribution in [0.4, 0.5) is 0 Å². The van der Waals surface area contributed by atoms with Gasteiger partial charge in [-0.05, 0) is 150 Å². The molecule has 0 saturated heterocycles. The smallest absolute Gasteiger partial charge is 0.113 e. The number of nitrogens with zero attached hydrogens (tertiary/aromatic N) is 2. The van der Waals surface area contributed by atoms with Gasteiger partial charge in [0, 0.05) is 69.8 Å². The lowest BCUT2D eigenvalue weighted by molar-refractivity contribution is 0.0479. The number of aryl methyl sites for hydroxylation is 1. The Morgan fingerprint density at radius 1 is 0.466 bits per heavy atom. The standard InChI is InChI=1S/C63H76N2O3S5/c1-7-11-31-63(32-12-8-2)51-39-44(43(5)6)22-24-48(51)49-25-23-45(40-52(49)63)58-41-47(30-36-68-38-37-67-34-14-10-4)62(71-58)57-29-27-55(70-57)54-26-28-56(69-54)61-46(19-16-15-17-35-66-33-13-9-3)42-59(72-61)50-20-18-21-53-60(50)65-73-64-53/h18,20-29,39-43H,7-17,19,30-38H2,1-6H3. The molecule has 0 bridgehead atoms. The molecule has 8 aromatic rings. The van der Waals surface area contributed by atoms with Crippen molar-refractivity contribution in [2.24, 2.45) is 0 Å². The van der Waals surface area contributed by atoms with Crippen LogP contribution in [0, 0.1) is 0 Å². The second kappa shape index (κ2) is 26.3. The van der Waals surface area contributed by atoms with E-state index in [4.69, 9.17) is 18.6 Å². The van der Waals surface area contributed by atoms with E-state index >= 15 is 0 Å². The van der Waals surface area contributed by atoms with Gasteiger partial charge in [0.1, 0.15) is 11.0 Å². The van der Waals surface area contributed by atoms with Crippen molar-refractivity contribution >= 4 is 68.1 Å². The van der Waals surface area contributed by atoms with Crippen LogP contribution < -0.4 is 0 Å². The molecule has 5 aromatic heterocycles. The Bertz CT molecular complexity index is 2990. The van der Waals surface area contributed by atoms with Gasteiger partial charge in [-0.15, -0.1) is 45.3 Å². The lowest BCUT2D eigenvalue weighted by Gasteiger charge is -2.33. The number of ether oxygens (including phenoxy) is 3. The van der Waals surface area contributed by atoms with E-state index in [1.807, 2.05) is 45.3 Å². The van der Waals surface area contributed by atoms with Crippen molar-refractivity contribution in [3.8, 4) is 61.3 Å². The molecule has 0 radical (unpaired) electrons. The molecule has 73 heavy (non-hydrogen) atoms. The molecule has 5 nitrogen and oxygen atoms in total. The molecule has 386 valence electrons. The van der Waals surface area contributed by atoms with Crippen LogP contribution in [0.25, 0.3) is 72.3 Å². The van der Waals surface area contributed by atoms with E-state index in [-0.39, 0.29) is 5.41 Å². The molecular weight excluding hydrogens is 993 g/mol. The van der Waals surface area contributed by atoms with Gasteiger partial charge in [-0.2, -0.15) is 8.75 Å². The van der Waals surface area contributed by atoms with Crippen LogP contribution in [0.2, 0.25) is 0 Å². The first-order chi connectivity index (χ1) is 35.8. The Labute approximate surface area is 456 Å². The van der Waals surface area contributed by atoms with Gasteiger partial charge in [0.15, 0.2) is 0 Å². The summed E-state index contributed by atoms with van der Waals surface area (Å²) in [6.45, 7) is 18.3. The summed E-state index contributed by atoms with van der Waals surface area (Å²) in [5, 5.41) is 0. The number of rotatable bonds is 30. The average Bonchev–Trinajstić information content (AvgIpc) is 4.29. The zero-order chi connectivity index (χ0) is 50.6. The zero-order valence-corrected chi connectivity index (χ0v) is 48.3. The van der Waals surface area contributed by atoms with Crippen molar-refractivity contribution < 1.29 is 14.2 Å². The normalized spacial score (nSPS) is 13.0. The minimum absolute atomic E-state index is 0.0386. The molecule has 3 aromatic carbocycles. The Morgan fingerprint density at radius 2 is 1.05 bits per heavy atom. The Hall–Kier alpha value is -3.84. The fourth-order valence-corrected chi connectivity index (χ4v) is 15.9. The molecule has 1 aliphatic rings. The number of hydrogen-bond acceptors (Lipinski definition) is 10. The van der Waals surface area contributed by atoms with E-state index < -0.39 is 0 Å². The van der Waals surface area contributed by atoms with Crippen molar-refractivity contribution in [1.82, 2.24) is 8.75 Å². The number of benzene rings is 3. The van der Waals surface area contributed by atoms with E-state index in [2.05, 4.69) is 137 Å².